The van der Waals surface area contributed by atoms with Crippen molar-refractivity contribution in [3.8, 4) is 0 Å². The van der Waals surface area contributed by atoms with Gasteiger partial charge >= 0.3 is 5.97 Å². The van der Waals surface area contributed by atoms with Crippen molar-refractivity contribution in [1.82, 2.24) is 0 Å². The molecule has 0 spiro atoms. The summed E-state index contributed by atoms with van der Waals surface area (Å²) in [5.74, 6) is -0.595. The summed E-state index contributed by atoms with van der Waals surface area (Å²) in [5.41, 5.74) is 9.25. The Balaban J connectivity index is 2.23. The summed E-state index contributed by atoms with van der Waals surface area (Å²) in [7, 11) is -2.00. The molecule has 0 amide bonds. The maximum Gasteiger partial charge on any atom is 0.335 e. The molecule has 2 rings (SSSR count). The molecule has 0 bridgehead atoms. The van der Waals surface area contributed by atoms with Crippen LogP contribution in [0.1, 0.15) is 82.0 Å². The van der Waals surface area contributed by atoms with Gasteiger partial charge in [0, 0.05) is 6.04 Å². The van der Waals surface area contributed by atoms with Crippen LogP contribution in [0.15, 0.2) is 54.6 Å². The second kappa shape index (κ2) is 11.2. The minimum atomic E-state index is -2.00. The Morgan fingerprint density at radius 3 is 1.97 bits per heavy atom. The number of nitrogens with two attached hydrogens (primary N) is 1. The highest BCUT2D eigenvalue weighted by Gasteiger charge is 2.43. The molecule has 2 aromatic carbocycles. The highest BCUT2D eigenvalue weighted by atomic mass is 28.4. The number of rotatable bonds is 10. The summed E-state index contributed by atoms with van der Waals surface area (Å²) >= 11 is 0. The van der Waals surface area contributed by atoms with Crippen molar-refractivity contribution >= 4 is 14.3 Å². The molecule has 3 N–H and O–H groups in total. The second-order valence-electron chi connectivity index (χ2n) is 12.2. The highest BCUT2D eigenvalue weighted by molar-refractivity contribution is 6.74. The molecule has 0 aromatic heterocycles. The van der Waals surface area contributed by atoms with E-state index in [1.165, 1.54) is 5.56 Å². The first kappa shape index (κ1) is 28.3. The number of hydrogen-bond donors (Lipinski definition) is 2. The zero-order valence-corrected chi connectivity index (χ0v) is 23.4. The fourth-order valence-electron chi connectivity index (χ4n) is 4.14. The number of hydrogen-bond acceptors (Lipinski definition) is 3. The van der Waals surface area contributed by atoms with Crippen LogP contribution >= 0.6 is 0 Å². The minimum absolute atomic E-state index is 0.00447. The molecule has 2 aromatic rings. The maximum absolute atomic E-state index is 11.1. The predicted octanol–water partition coefficient (Wildman–Crippen LogP) is 7.46. The zero-order valence-electron chi connectivity index (χ0n) is 22.4. The van der Waals surface area contributed by atoms with Gasteiger partial charge in [0.05, 0.1) is 11.7 Å². The summed E-state index contributed by atoms with van der Waals surface area (Å²) in [4.78, 5) is 11.1. The van der Waals surface area contributed by atoms with Crippen LogP contribution in [-0.2, 0) is 10.8 Å². The van der Waals surface area contributed by atoms with Crippen LogP contribution in [-0.4, -0.2) is 25.4 Å². The first-order valence-corrected chi connectivity index (χ1v) is 15.3. The Kier molecular flexibility index (Phi) is 9.31. The van der Waals surface area contributed by atoms with Gasteiger partial charge in [0.1, 0.15) is 0 Å². The molecule has 0 radical (unpaired) electrons. The molecular weight excluding hydrogens is 438 g/mol. The smallest absolute Gasteiger partial charge is 0.335 e. The molecule has 0 aliphatic rings. The van der Waals surface area contributed by atoms with Gasteiger partial charge in [-0.25, -0.2) is 4.79 Å². The molecule has 0 fully saturated rings. The van der Waals surface area contributed by atoms with Crippen molar-refractivity contribution in [2.24, 2.45) is 17.1 Å². The van der Waals surface area contributed by atoms with Gasteiger partial charge < -0.3 is 15.3 Å². The Hall–Kier alpha value is -1.95. The lowest BCUT2D eigenvalue weighted by molar-refractivity contribution is 0.0421. The standard InChI is InChI=1S/C29H45NO3Si/c1-28(2,3)25(19-18-24(30)20-21-14-16-23(17-15-21)27(31)32)26(22-12-10-9-11-13-22)33-34(7,8)29(4,5)6/h9-17,24-26H,18-20,30H2,1-8H3,(H,31,32)/t24-,25?,26+/m0/s1. The van der Waals surface area contributed by atoms with Gasteiger partial charge in [0.15, 0.2) is 8.32 Å². The molecule has 34 heavy (non-hydrogen) atoms. The third kappa shape index (κ3) is 7.79. The second-order valence-corrected chi connectivity index (χ2v) is 17.0. The quantitative estimate of drug-likeness (QED) is 0.344. The van der Waals surface area contributed by atoms with Gasteiger partial charge in [-0.15, -0.1) is 0 Å². The molecule has 0 aliphatic heterocycles. The number of carbonyl (C=O) groups is 1. The van der Waals surface area contributed by atoms with Crippen molar-refractivity contribution in [1.29, 1.82) is 0 Å². The van der Waals surface area contributed by atoms with Gasteiger partial charge in [-0.05, 0) is 72.0 Å². The molecule has 188 valence electrons. The van der Waals surface area contributed by atoms with Gasteiger partial charge in [-0.2, -0.15) is 0 Å². The lowest BCUT2D eigenvalue weighted by atomic mass is 9.72. The van der Waals surface area contributed by atoms with E-state index in [9.17, 15) is 4.79 Å². The molecule has 0 aliphatic carbocycles. The Morgan fingerprint density at radius 2 is 1.50 bits per heavy atom. The van der Waals surface area contributed by atoms with E-state index in [4.69, 9.17) is 15.3 Å². The minimum Gasteiger partial charge on any atom is -0.478 e. The van der Waals surface area contributed by atoms with Crippen molar-refractivity contribution in [2.75, 3.05) is 0 Å². The maximum atomic E-state index is 11.1. The van der Waals surface area contributed by atoms with Crippen LogP contribution in [0.25, 0.3) is 0 Å². The van der Waals surface area contributed by atoms with E-state index >= 15 is 0 Å². The third-order valence-corrected chi connectivity index (χ3v) is 11.8. The third-order valence-electron chi connectivity index (χ3n) is 7.38. The number of aromatic carboxylic acids is 1. The predicted molar refractivity (Wildman–Crippen MR) is 145 cm³/mol. The van der Waals surface area contributed by atoms with Crippen LogP contribution in [0.2, 0.25) is 18.1 Å². The largest absolute Gasteiger partial charge is 0.478 e. The van der Waals surface area contributed by atoms with Crippen LogP contribution in [0.5, 0.6) is 0 Å². The topological polar surface area (TPSA) is 72.6 Å². The molecule has 3 atom stereocenters. The first-order chi connectivity index (χ1) is 15.6. The average Bonchev–Trinajstić information content (AvgIpc) is 2.72. The fraction of sp³-hybridized carbons (Fsp3) is 0.552. The Bertz CT molecular complexity index is 911. The van der Waals surface area contributed by atoms with Crippen LogP contribution in [0.3, 0.4) is 0 Å². The molecule has 0 saturated carbocycles. The fourth-order valence-corrected chi connectivity index (χ4v) is 5.43. The van der Waals surface area contributed by atoms with Crippen molar-refractivity contribution in [3.05, 3.63) is 71.3 Å². The normalized spacial score (nSPS) is 15.6. The molecule has 0 heterocycles. The molecule has 4 nitrogen and oxygen atoms in total. The van der Waals surface area contributed by atoms with E-state index in [-0.39, 0.29) is 22.6 Å². The van der Waals surface area contributed by atoms with Crippen LogP contribution in [0.4, 0.5) is 0 Å². The van der Waals surface area contributed by atoms with Gasteiger partial charge in [-0.3, -0.25) is 0 Å². The lowest BCUT2D eigenvalue weighted by Crippen LogP contribution is -2.44. The van der Waals surface area contributed by atoms with E-state index in [1.807, 2.05) is 12.1 Å². The number of carboxylic acid groups (broad SMARTS) is 1. The number of carboxylic acids is 1. The molecule has 1 unspecified atom stereocenters. The summed E-state index contributed by atoms with van der Waals surface area (Å²) in [6, 6.07) is 17.7. The van der Waals surface area contributed by atoms with Gasteiger partial charge in [0.25, 0.3) is 0 Å². The molecule has 0 saturated heterocycles. The lowest BCUT2D eigenvalue weighted by Gasteiger charge is -2.45. The van der Waals surface area contributed by atoms with Gasteiger partial charge in [-0.1, -0.05) is 84.0 Å². The zero-order chi connectivity index (χ0) is 25.7. The highest BCUT2D eigenvalue weighted by Crippen LogP contribution is 2.47. The van der Waals surface area contributed by atoms with Crippen LogP contribution < -0.4 is 5.73 Å². The van der Waals surface area contributed by atoms with Crippen molar-refractivity contribution < 1.29 is 14.3 Å². The SMILES string of the molecule is CC(C)(C)C(CC[C@H](N)Cc1ccc(C(=O)O)cc1)[C@H](O[Si](C)(C)C(C)(C)C)c1ccccc1. The Labute approximate surface area is 208 Å². The monoisotopic (exact) mass is 483 g/mol. The summed E-state index contributed by atoms with van der Waals surface area (Å²) in [6.07, 6.45) is 2.60. The van der Waals surface area contributed by atoms with Crippen molar-refractivity contribution in [3.63, 3.8) is 0 Å². The summed E-state index contributed by atoms with van der Waals surface area (Å²) in [5, 5.41) is 9.25. The molecular formula is C29H45NO3Si. The molecule has 5 heteroatoms. The van der Waals surface area contributed by atoms with E-state index in [0.29, 0.717) is 11.5 Å². The summed E-state index contributed by atoms with van der Waals surface area (Å²) < 4.78 is 7.11. The number of benzene rings is 2. The van der Waals surface area contributed by atoms with Crippen molar-refractivity contribution in [2.45, 2.75) is 91.1 Å². The van der Waals surface area contributed by atoms with E-state index < -0.39 is 14.3 Å². The van der Waals surface area contributed by atoms with Gasteiger partial charge in [0.2, 0.25) is 0 Å². The first-order valence-electron chi connectivity index (χ1n) is 12.4. The Morgan fingerprint density at radius 1 is 0.941 bits per heavy atom. The average molecular weight is 484 g/mol. The summed E-state index contributed by atoms with van der Waals surface area (Å²) in [6.45, 7) is 18.4. The van der Waals surface area contributed by atoms with E-state index in [1.54, 1.807) is 12.1 Å². The van der Waals surface area contributed by atoms with E-state index in [0.717, 1.165) is 24.8 Å². The van der Waals surface area contributed by atoms with E-state index in [2.05, 4.69) is 85.0 Å². The van der Waals surface area contributed by atoms with Crippen LogP contribution in [0, 0.1) is 11.3 Å².